The molecule has 0 amide bonds. The average Bonchev–Trinajstić information content (AvgIpc) is 2.39. The van der Waals surface area contributed by atoms with E-state index in [0.717, 1.165) is 0 Å². The summed E-state index contributed by atoms with van der Waals surface area (Å²) in [5, 5.41) is 0.112. The van der Waals surface area contributed by atoms with Crippen molar-refractivity contribution in [2.24, 2.45) is 23.7 Å². The van der Waals surface area contributed by atoms with Gasteiger partial charge in [0.05, 0.1) is 13.0 Å². The molecule has 4 nitrogen and oxygen atoms in total. The summed E-state index contributed by atoms with van der Waals surface area (Å²) in [4.78, 5) is 24.4. The average molecular weight is 329 g/mol. The Hall–Kier alpha value is -0.683. The van der Waals surface area contributed by atoms with E-state index in [4.69, 9.17) is 9.16 Å². The first-order valence-corrected chi connectivity index (χ1v) is 11.1. The Labute approximate surface area is 136 Å². The summed E-state index contributed by atoms with van der Waals surface area (Å²) in [6.07, 6.45) is 0.456. The molecule has 0 aromatic heterocycles. The van der Waals surface area contributed by atoms with Gasteiger partial charge in [0, 0.05) is 24.9 Å². The SMILES string of the molecule is COC(=O)[C@H]1[C@@H](CO[Si](C)(C)C(C)(C)C)[C@@H](C)C(=O)C[C@@H]1C. The van der Waals surface area contributed by atoms with Gasteiger partial charge < -0.3 is 9.16 Å². The van der Waals surface area contributed by atoms with Crippen LogP contribution < -0.4 is 0 Å². The Bertz CT molecular complexity index is 425. The number of ketones is 1. The molecule has 0 radical (unpaired) electrons. The highest BCUT2D eigenvalue weighted by Crippen LogP contribution is 2.41. The van der Waals surface area contributed by atoms with Gasteiger partial charge in [-0.25, -0.2) is 0 Å². The Morgan fingerprint density at radius 2 is 1.82 bits per heavy atom. The number of Topliss-reactive ketones (excluding diaryl/α,β-unsaturated/α-hetero) is 1. The molecule has 1 fully saturated rings. The van der Waals surface area contributed by atoms with Gasteiger partial charge in [-0.05, 0) is 24.1 Å². The van der Waals surface area contributed by atoms with Crippen molar-refractivity contribution in [3.05, 3.63) is 0 Å². The molecule has 0 aromatic rings. The number of carbonyl (C=O) groups is 2. The second-order valence-corrected chi connectivity index (χ2v) is 13.0. The number of methoxy groups -OCH3 is 1. The van der Waals surface area contributed by atoms with E-state index in [1.54, 1.807) is 0 Å². The Morgan fingerprint density at radius 3 is 2.27 bits per heavy atom. The molecule has 0 aliphatic heterocycles. The number of hydrogen-bond donors (Lipinski definition) is 0. The first-order chi connectivity index (χ1) is 9.92. The third-order valence-corrected chi connectivity index (χ3v) is 10.2. The molecular formula is C17H32O4Si. The maximum atomic E-state index is 12.2. The Balaban J connectivity index is 2.95. The predicted molar refractivity (Wildman–Crippen MR) is 90.1 cm³/mol. The second kappa shape index (κ2) is 6.83. The van der Waals surface area contributed by atoms with Crippen molar-refractivity contribution in [3.63, 3.8) is 0 Å². The van der Waals surface area contributed by atoms with Crippen LogP contribution in [0.1, 0.15) is 41.0 Å². The van der Waals surface area contributed by atoms with E-state index in [-0.39, 0.29) is 40.5 Å². The van der Waals surface area contributed by atoms with E-state index in [9.17, 15) is 9.59 Å². The molecule has 0 saturated heterocycles. The van der Waals surface area contributed by atoms with Gasteiger partial charge in [0.2, 0.25) is 0 Å². The summed E-state index contributed by atoms with van der Waals surface area (Å²) in [6.45, 7) is 15.3. The zero-order valence-electron chi connectivity index (χ0n) is 15.4. The van der Waals surface area contributed by atoms with Crippen molar-refractivity contribution in [1.29, 1.82) is 0 Å². The van der Waals surface area contributed by atoms with Crippen LogP contribution in [0.25, 0.3) is 0 Å². The maximum absolute atomic E-state index is 12.2. The highest BCUT2D eigenvalue weighted by Gasteiger charge is 2.46. The zero-order chi connectivity index (χ0) is 17.3. The van der Waals surface area contributed by atoms with Crippen LogP contribution in [0.4, 0.5) is 0 Å². The molecule has 1 aliphatic carbocycles. The largest absolute Gasteiger partial charge is 0.469 e. The van der Waals surface area contributed by atoms with Crippen LogP contribution in [-0.4, -0.2) is 33.8 Å². The van der Waals surface area contributed by atoms with Crippen LogP contribution in [-0.2, 0) is 18.8 Å². The summed E-state index contributed by atoms with van der Waals surface area (Å²) in [6, 6.07) is 0. The van der Waals surface area contributed by atoms with Gasteiger partial charge in [0.1, 0.15) is 5.78 Å². The lowest BCUT2D eigenvalue weighted by atomic mass is 9.67. The molecule has 128 valence electrons. The third kappa shape index (κ3) is 3.99. The normalized spacial score (nSPS) is 30.3. The van der Waals surface area contributed by atoms with E-state index in [0.29, 0.717) is 13.0 Å². The standard InChI is InChI=1S/C17H32O4Si/c1-11-9-14(18)12(2)13(15(11)16(19)20-6)10-21-22(7,8)17(3,4)5/h11-13,15H,9-10H2,1-8H3/t11-,12+,13-,15+/m0/s1. The summed E-state index contributed by atoms with van der Waals surface area (Å²) >= 11 is 0. The van der Waals surface area contributed by atoms with Crippen LogP contribution in [0, 0.1) is 23.7 Å². The number of rotatable bonds is 4. The number of carbonyl (C=O) groups excluding carboxylic acids is 2. The van der Waals surface area contributed by atoms with E-state index < -0.39 is 8.32 Å². The van der Waals surface area contributed by atoms with Crippen molar-refractivity contribution in [1.82, 2.24) is 0 Å². The molecule has 0 spiro atoms. The topological polar surface area (TPSA) is 52.6 Å². The number of esters is 1. The van der Waals surface area contributed by atoms with E-state index >= 15 is 0 Å². The molecule has 0 heterocycles. The van der Waals surface area contributed by atoms with Gasteiger partial charge in [0.25, 0.3) is 0 Å². The molecule has 22 heavy (non-hydrogen) atoms. The van der Waals surface area contributed by atoms with Crippen LogP contribution in [0.5, 0.6) is 0 Å². The van der Waals surface area contributed by atoms with Crippen molar-refractivity contribution in [2.75, 3.05) is 13.7 Å². The van der Waals surface area contributed by atoms with Crippen molar-refractivity contribution < 1.29 is 18.8 Å². The summed E-state index contributed by atoms with van der Waals surface area (Å²) in [7, 11) is -0.482. The minimum atomic E-state index is -1.90. The fourth-order valence-electron chi connectivity index (χ4n) is 2.91. The van der Waals surface area contributed by atoms with Crippen molar-refractivity contribution >= 4 is 20.1 Å². The van der Waals surface area contributed by atoms with Gasteiger partial charge in [0.15, 0.2) is 8.32 Å². The second-order valence-electron chi connectivity index (χ2n) is 8.22. The third-order valence-electron chi connectivity index (χ3n) is 5.66. The predicted octanol–water partition coefficient (Wildman–Crippen LogP) is 3.66. The van der Waals surface area contributed by atoms with E-state index in [1.165, 1.54) is 7.11 Å². The molecule has 0 aromatic carbocycles. The first-order valence-electron chi connectivity index (χ1n) is 8.17. The zero-order valence-corrected chi connectivity index (χ0v) is 16.4. The van der Waals surface area contributed by atoms with Gasteiger partial charge in [-0.1, -0.05) is 34.6 Å². The van der Waals surface area contributed by atoms with E-state index in [1.807, 2.05) is 13.8 Å². The molecule has 4 atom stereocenters. The maximum Gasteiger partial charge on any atom is 0.309 e. The van der Waals surface area contributed by atoms with Crippen molar-refractivity contribution in [2.45, 2.75) is 59.2 Å². The van der Waals surface area contributed by atoms with Crippen LogP contribution >= 0.6 is 0 Å². The summed E-state index contributed by atoms with van der Waals surface area (Å²) < 4.78 is 11.3. The molecule has 0 N–H and O–H groups in total. The van der Waals surface area contributed by atoms with Crippen LogP contribution in [0.2, 0.25) is 18.1 Å². The lowest BCUT2D eigenvalue weighted by Crippen LogP contribution is -2.48. The van der Waals surface area contributed by atoms with Gasteiger partial charge in [-0.2, -0.15) is 0 Å². The molecule has 1 saturated carbocycles. The molecule has 0 unspecified atom stereocenters. The highest BCUT2D eigenvalue weighted by molar-refractivity contribution is 6.74. The summed E-state index contributed by atoms with van der Waals surface area (Å²) in [5.41, 5.74) is 0. The van der Waals surface area contributed by atoms with E-state index in [2.05, 4.69) is 33.9 Å². The fraction of sp³-hybridized carbons (Fsp3) is 0.882. The summed E-state index contributed by atoms with van der Waals surface area (Å²) in [5.74, 6) is -0.443. The molecule has 1 aliphatic rings. The van der Waals surface area contributed by atoms with Crippen molar-refractivity contribution in [3.8, 4) is 0 Å². The molecule has 0 bridgehead atoms. The lowest BCUT2D eigenvalue weighted by Gasteiger charge is -2.42. The monoisotopic (exact) mass is 328 g/mol. The minimum Gasteiger partial charge on any atom is -0.469 e. The Morgan fingerprint density at radius 1 is 1.27 bits per heavy atom. The van der Waals surface area contributed by atoms with Gasteiger partial charge in [-0.15, -0.1) is 0 Å². The van der Waals surface area contributed by atoms with Crippen LogP contribution in [0.3, 0.4) is 0 Å². The van der Waals surface area contributed by atoms with Crippen LogP contribution in [0.15, 0.2) is 0 Å². The Kier molecular flexibility index (Phi) is 6.01. The minimum absolute atomic E-state index is 0.0177. The highest BCUT2D eigenvalue weighted by atomic mass is 28.4. The van der Waals surface area contributed by atoms with Gasteiger partial charge >= 0.3 is 5.97 Å². The smallest absolute Gasteiger partial charge is 0.309 e. The lowest BCUT2D eigenvalue weighted by molar-refractivity contribution is -0.155. The van der Waals surface area contributed by atoms with Gasteiger partial charge in [-0.3, -0.25) is 9.59 Å². The number of ether oxygens (including phenoxy) is 1. The quantitative estimate of drug-likeness (QED) is 0.584. The molecular weight excluding hydrogens is 296 g/mol. The first kappa shape index (κ1) is 19.4. The molecule has 1 rings (SSSR count). The number of hydrogen-bond acceptors (Lipinski definition) is 4. The molecule has 5 heteroatoms. The fourth-order valence-corrected chi connectivity index (χ4v) is 3.96.